The van der Waals surface area contributed by atoms with Crippen LogP contribution >= 0.6 is 0 Å². The first-order chi connectivity index (χ1) is 7.25. The third-order valence-electron chi connectivity index (χ3n) is 3.57. The fourth-order valence-electron chi connectivity index (χ4n) is 2.57. The van der Waals surface area contributed by atoms with E-state index in [9.17, 15) is 9.32 Å². The number of hydrogen-bond acceptors (Lipinski definition) is 3. The molecule has 88 valence electrons. The maximum atomic E-state index is 11.2. The van der Waals surface area contributed by atoms with Gasteiger partial charge in [0, 0.05) is 34.4 Å². The van der Waals surface area contributed by atoms with Crippen LogP contribution in [-0.4, -0.2) is 39.0 Å². The molecule has 0 aromatic carbocycles. The van der Waals surface area contributed by atoms with Gasteiger partial charge in [0.25, 0.3) is 0 Å². The molecular weight excluding hydrogens is 210 g/mol. The van der Waals surface area contributed by atoms with Crippen LogP contribution in [0.4, 0.5) is 0 Å². The lowest BCUT2D eigenvalue weighted by atomic mass is 9.91. The smallest absolute Gasteiger partial charge is 0.0693 e. The zero-order valence-electron chi connectivity index (χ0n) is 9.15. The van der Waals surface area contributed by atoms with Gasteiger partial charge in [0.15, 0.2) is 0 Å². The summed E-state index contributed by atoms with van der Waals surface area (Å²) in [5.74, 6) is 1.67. The maximum absolute atomic E-state index is 11.2. The van der Waals surface area contributed by atoms with E-state index in [0.29, 0.717) is 6.04 Å². The molecule has 2 atom stereocenters. The Morgan fingerprint density at radius 3 is 2.40 bits per heavy atom. The van der Waals surface area contributed by atoms with Gasteiger partial charge in [-0.1, -0.05) is 12.8 Å². The summed E-state index contributed by atoms with van der Waals surface area (Å²) in [6, 6.07) is 0.774. The van der Waals surface area contributed by atoms with E-state index in [1.54, 1.807) is 0 Å². The van der Waals surface area contributed by atoms with Crippen molar-refractivity contribution >= 4 is 10.8 Å². The van der Waals surface area contributed by atoms with Gasteiger partial charge in [0.05, 0.1) is 6.10 Å². The highest BCUT2D eigenvalue weighted by Gasteiger charge is 2.26. The molecule has 1 heterocycles. The summed E-state index contributed by atoms with van der Waals surface area (Å²) in [5, 5.41) is 13.4. The first-order valence-electron chi connectivity index (χ1n) is 6.05. The average molecular weight is 231 g/mol. The predicted octanol–water partition coefficient (Wildman–Crippen LogP) is 0.791. The van der Waals surface area contributed by atoms with Crippen molar-refractivity contribution in [2.45, 2.75) is 56.7 Å². The minimum absolute atomic E-state index is 0.161. The quantitative estimate of drug-likeness (QED) is 0.739. The standard InChI is InChI=1S/C11H21NO2S/c13-11-4-2-1-3-10(11)12-9-5-7-15(14)8-6-9/h9-13H,1-8H2/t9?,10-,11-,15?/m1/s1. The van der Waals surface area contributed by atoms with Crippen molar-refractivity contribution in [3.63, 3.8) is 0 Å². The lowest BCUT2D eigenvalue weighted by molar-refractivity contribution is 0.0841. The Hall–Kier alpha value is 0.0700. The third kappa shape index (κ3) is 3.26. The van der Waals surface area contributed by atoms with E-state index < -0.39 is 10.8 Å². The van der Waals surface area contributed by atoms with Crippen molar-refractivity contribution in [2.75, 3.05) is 11.5 Å². The fraction of sp³-hybridized carbons (Fsp3) is 1.00. The Balaban J connectivity index is 1.78. The van der Waals surface area contributed by atoms with Crippen molar-refractivity contribution in [3.05, 3.63) is 0 Å². The van der Waals surface area contributed by atoms with Crippen molar-refractivity contribution in [3.8, 4) is 0 Å². The molecule has 3 nitrogen and oxygen atoms in total. The second-order valence-corrected chi connectivity index (χ2v) is 6.44. The molecule has 2 rings (SSSR count). The van der Waals surface area contributed by atoms with Crippen LogP contribution in [0.25, 0.3) is 0 Å². The molecule has 0 spiro atoms. The highest BCUT2D eigenvalue weighted by atomic mass is 32.2. The van der Waals surface area contributed by atoms with Crippen molar-refractivity contribution in [1.29, 1.82) is 0 Å². The predicted molar refractivity (Wildman–Crippen MR) is 62.3 cm³/mol. The molecule has 0 unspecified atom stereocenters. The molecule has 0 bridgehead atoms. The van der Waals surface area contributed by atoms with Gasteiger partial charge < -0.3 is 10.4 Å². The van der Waals surface area contributed by atoms with E-state index >= 15 is 0 Å². The zero-order valence-corrected chi connectivity index (χ0v) is 9.97. The van der Waals surface area contributed by atoms with Gasteiger partial charge in [-0.15, -0.1) is 0 Å². The van der Waals surface area contributed by atoms with Crippen LogP contribution in [0.2, 0.25) is 0 Å². The molecule has 0 radical (unpaired) electrons. The SMILES string of the molecule is O=S1CCC(N[C@@H]2CCCC[C@H]2O)CC1. The molecule has 0 amide bonds. The van der Waals surface area contributed by atoms with E-state index in [-0.39, 0.29) is 12.1 Å². The van der Waals surface area contributed by atoms with Gasteiger partial charge in [-0.3, -0.25) is 4.21 Å². The number of rotatable bonds is 2. The van der Waals surface area contributed by atoms with Crippen LogP contribution in [-0.2, 0) is 10.8 Å². The summed E-state index contributed by atoms with van der Waals surface area (Å²) in [4.78, 5) is 0. The van der Waals surface area contributed by atoms with Gasteiger partial charge in [-0.05, 0) is 25.7 Å². The minimum atomic E-state index is -0.579. The first-order valence-corrected chi connectivity index (χ1v) is 7.53. The van der Waals surface area contributed by atoms with Crippen LogP contribution < -0.4 is 5.32 Å². The summed E-state index contributed by atoms with van der Waals surface area (Å²) in [6.07, 6.45) is 6.29. The van der Waals surface area contributed by atoms with E-state index in [1.807, 2.05) is 0 Å². The van der Waals surface area contributed by atoms with E-state index in [2.05, 4.69) is 5.32 Å². The van der Waals surface area contributed by atoms with Crippen LogP contribution in [0.15, 0.2) is 0 Å². The molecule has 1 saturated carbocycles. The summed E-state index contributed by atoms with van der Waals surface area (Å²) < 4.78 is 11.2. The molecule has 0 aromatic rings. The Bertz CT molecular complexity index is 225. The lowest BCUT2D eigenvalue weighted by Crippen LogP contribution is -2.48. The van der Waals surface area contributed by atoms with Crippen molar-refractivity contribution in [1.82, 2.24) is 5.32 Å². The first kappa shape index (κ1) is 11.6. The Morgan fingerprint density at radius 1 is 1.07 bits per heavy atom. The number of hydrogen-bond donors (Lipinski definition) is 2. The topological polar surface area (TPSA) is 49.3 Å². The van der Waals surface area contributed by atoms with Crippen LogP contribution in [0.1, 0.15) is 38.5 Å². The lowest BCUT2D eigenvalue weighted by Gasteiger charge is -2.33. The molecular formula is C11H21NO2S. The summed E-state index contributed by atoms with van der Waals surface area (Å²) in [7, 11) is -0.579. The second-order valence-electron chi connectivity index (χ2n) is 4.75. The van der Waals surface area contributed by atoms with Gasteiger partial charge >= 0.3 is 0 Å². The summed E-state index contributed by atoms with van der Waals surface area (Å²) in [6.45, 7) is 0. The number of nitrogens with one attached hydrogen (secondary N) is 1. The van der Waals surface area contributed by atoms with E-state index in [4.69, 9.17) is 0 Å². The second kappa shape index (κ2) is 5.41. The molecule has 2 fully saturated rings. The van der Waals surface area contributed by atoms with Gasteiger partial charge in [-0.2, -0.15) is 0 Å². The monoisotopic (exact) mass is 231 g/mol. The molecule has 1 aliphatic heterocycles. The van der Waals surface area contributed by atoms with E-state index in [0.717, 1.165) is 43.6 Å². The average Bonchev–Trinajstić information content (AvgIpc) is 2.25. The third-order valence-corrected chi connectivity index (χ3v) is 4.95. The molecule has 2 N–H and O–H groups in total. The Labute approximate surface area is 94.1 Å². The highest BCUT2D eigenvalue weighted by molar-refractivity contribution is 7.85. The molecule has 4 heteroatoms. The Morgan fingerprint density at radius 2 is 1.73 bits per heavy atom. The van der Waals surface area contributed by atoms with Gasteiger partial charge in [0.2, 0.25) is 0 Å². The molecule has 2 aliphatic rings. The van der Waals surface area contributed by atoms with E-state index in [1.165, 1.54) is 6.42 Å². The summed E-state index contributed by atoms with van der Waals surface area (Å²) in [5.41, 5.74) is 0. The number of aliphatic hydroxyl groups excluding tert-OH is 1. The molecule has 15 heavy (non-hydrogen) atoms. The summed E-state index contributed by atoms with van der Waals surface area (Å²) >= 11 is 0. The largest absolute Gasteiger partial charge is 0.392 e. The van der Waals surface area contributed by atoms with Crippen LogP contribution in [0, 0.1) is 0 Å². The number of aliphatic hydroxyl groups is 1. The van der Waals surface area contributed by atoms with Gasteiger partial charge in [-0.25, -0.2) is 0 Å². The maximum Gasteiger partial charge on any atom is 0.0693 e. The normalized spacial score (nSPS) is 42.7. The van der Waals surface area contributed by atoms with Crippen molar-refractivity contribution in [2.24, 2.45) is 0 Å². The van der Waals surface area contributed by atoms with Crippen LogP contribution in [0.5, 0.6) is 0 Å². The fourth-order valence-corrected chi connectivity index (χ4v) is 3.87. The highest BCUT2D eigenvalue weighted by Crippen LogP contribution is 2.20. The molecule has 0 aromatic heterocycles. The molecule has 1 saturated heterocycles. The van der Waals surface area contributed by atoms with Gasteiger partial charge in [0.1, 0.15) is 0 Å². The van der Waals surface area contributed by atoms with Crippen LogP contribution in [0.3, 0.4) is 0 Å². The minimum Gasteiger partial charge on any atom is -0.392 e. The van der Waals surface area contributed by atoms with Crippen molar-refractivity contribution < 1.29 is 9.32 Å². The molecule has 1 aliphatic carbocycles. The Kier molecular flexibility index (Phi) is 4.17. The zero-order chi connectivity index (χ0) is 10.7.